The maximum Gasteiger partial charge on any atom is 0.310 e. The predicted octanol–water partition coefficient (Wildman–Crippen LogP) is 6.21. The van der Waals surface area contributed by atoms with Crippen molar-refractivity contribution in [3.8, 4) is 28.0 Å². The molecule has 0 atom stereocenters. The molecule has 3 aromatic carbocycles. The van der Waals surface area contributed by atoms with Gasteiger partial charge in [-0.2, -0.15) is 0 Å². The highest BCUT2D eigenvalue weighted by Gasteiger charge is 2.10. The van der Waals surface area contributed by atoms with Crippen LogP contribution in [-0.2, 0) is 38.4 Å². The molecular formula is C31H29NO5S. The summed E-state index contributed by atoms with van der Waals surface area (Å²) in [6, 6.07) is 22.7. The van der Waals surface area contributed by atoms with Gasteiger partial charge < -0.3 is 15.2 Å². The summed E-state index contributed by atoms with van der Waals surface area (Å²) in [5.41, 5.74) is 6.17. The predicted molar refractivity (Wildman–Crippen MR) is 150 cm³/mol. The Labute approximate surface area is 225 Å². The van der Waals surface area contributed by atoms with E-state index in [9.17, 15) is 19.5 Å². The van der Waals surface area contributed by atoms with E-state index in [-0.39, 0.29) is 42.7 Å². The Balaban J connectivity index is 1.35. The first kappa shape index (κ1) is 26.8. The standard InChI is InChI=1S/C31H29NO5S/c1-3-37-31(36)16-22-6-4-21(5-7-22)15-29(35)32-30-18-27(19-38-30)24-10-8-23(9-11-24)25-12-13-26(14-20(2)33)28(34)17-25/h4-13,17-19,34H,3,14-16H2,1-2H3,(H,32,35). The molecule has 0 aliphatic rings. The van der Waals surface area contributed by atoms with Crippen molar-refractivity contribution in [1.82, 2.24) is 0 Å². The minimum Gasteiger partial charge on any atom is -0.508 e. The summed E-state index contributed by atoms with van der Waals surface area (Å²) in [5, 5.41) is 16.0. The van der Waals surface area contributed by atoms with Gasteiger partial charge in [0.2, 0.25) is 5.91 Å². The summed E-state index contributed by atoms with van der Waals surface area (Å²) >= 11 is 1.46. The number of phenols is 1. The van der Waals surface area contributed by atoms with Gasteiger partial charge in [-0.3, -0.25) is 14.4 Å². The van der Waals surface area contributed by atoms with Crippen LogP contribution in [0.1, 0.15) is 30.5 Å². The lowest BCUT2D eigenvalue weighted by Gasteiger charge is -2.07. The van der Waals surface area contributed by atoms with Crippen LogP contribution in [0.15, 0.2) is 78.2 Å². The van der Waals surface area contributed by atoms with E-state index in [1.54, 1.807) is 19.1 Å². The molecule has 0 unspecified atom stereocenters. The van der Waals surface area contributed by atoms with Gasteiger partial charge in [0.15, 0.2) is 0 Å². The Morgan fingerprint density at radius 1 is 0.789 bits per heavy atom. The van der Waals surface area contributed by atoms with Gasteiger partial charge in [-0.25, -0.2) is 0 Å². The first-order valence-electron chi connectivity index (χ1n) is 12.3. The summed E-state index contributed by atoms with van der Waals surface area (Å²) in [5.74, 6) is -0.252. The number of hydrogen-bond acceptors (Lipinski definition) is 6. The smallest absolute Gasteiger partial charge is 0.310 e. The van der Waals surface area contributed by atoms with Gasteiger partial charge in [0.1, 0.15) is 11.5 Å². The van der Waals surface area contributed by atoms with Gasteiger partial charge in [-0.1, -0.05) is 60.7 Å². The van der Waals surface area contributed by atoms with Gasteiger partial charge in [0.05, 0.1) is 24.4 Å². The fraction of sp³-hybridized carbons (Fsp3) is 0.194. The molecule has 2 N–H and O–H groups in total. The molecule has 0 bridgehead atoms. The van der Waals surface area contributed by atoms with Crippen molar-refractivity contribution in [3.05, 3.63) is 94.9 Å². The Bertz CT molecular complexity index is 1440. The molecule has 4 rings (SSSR count). The Kier molecular flexibility index (Phi) is 8.71. The van der Waals surface area contributed by atoms with Crippen LogP contribution in [-0.4, -0.2) is 29.4 Å². The second-order valence-electron chi connectivity index (χ2n) is 9.02. The first-order chi connectivity index (χ1) is 18.3. The molecule has 1 aromatic heterocycles. The number of carbonyl (C=O) groups excluding carboxylic acids is 3. The molecule has 0 aliphatic carbocycles. The molecule has 1 amide bonds. The minimum absolute atomic E-state index is 0.00482. The van der Waals surface area contributed by atoms with Crippen LogP contribution in [0.2, 0.25) is 0 Å². The molecule has 4 aromatic rings. The average Bonchev–Trinajstić information content (AvgIpc) is 3.35. The van der Waals surface area contributed by atoms with Gasteiger partial charge in [0, 0.05) is 17.4 Å². The third-order valence-electron chi connectivity index (χ3n) is 5.98. The van der Waals surface area contributed by atoms with E-state index >= 15 is 0 Å². The van der Waals surface area contributed by atoms with Crippen molar-refractivity contribution in [1.29, 1.82) is 0 Å². The molecule has 0 saturated heterocycles. The topological polar surface area (TPSA) is 92.7 Å². The van der Waals surface area contributed by atoms with Crippen LogP contribution in [0.3, 0.4) is 0 Å². The largest absolute Gasteiger partial charge is 0.508 e. The molecule has 0 spiro atoms. The molecule has 6 nitrogen and oxygen atoms in total. The monoisotopic (exact) mass is 527 g/mol. The number of thiophene rings is 1. The molecule has 0 saturated carbocycles. The summed E-state index contributed by atoms with van der Waals surface area (Å²) in [6.07, 6.45) is 0.667. The third kappa shape index (κ3) is 7.17. The van der Waals surface area contributed by atoms with Crippen LogP contribution in [0.5, 0.6) is 5.75 Å². The van der Waals surface area contributed by atoms with Crippen LogP contribution in [0, 0.1) is 0 Å². The summed E-state index contributed by atoms with van der Waals surface area (Å²) in [4.78, 5) is 35.5. The number of aromatic hydroxyl groups is 1. The molecular weight excluding hydrogens is 498 g/mol. The van der Waals surface area contributed by atoms with Gasteiger partial charge in [-0.15, -0.1) is 11.3 Å². The zero-order valence-corrected chi connectivity index (χ0v) is 22.1. The van der Waals surface area contributed by atoms with E-state index in [4.69, 9.17) is 4.74 Å². The number of anilines is 1. The SMILES string of the molecule is CCOC(=O)Cc1ccc(CC(=O)Nc2cc(-c3ccc(-c4ccc(CC(C)=O)c(O)c4)cc3)cs2)cc1. The first-order valence-corrected chi connectivity index (χ1v) is 13.2. The number of ether oxygens (including phenoxy) is 1. The fourth-order valence-electron chi connectivity index (χ4n) is 4.09. The van der Waals surface area contributed by atoms with Gasteiger partial charge >= 0.3 is 5.97 Å². The number of phenolic OH excluding ortho intramolecular Hbond substituents is 1. The van der Waals surface area contributed by atoms with Crippen molar-refractivity contribution in [2.24, 2.45) is 0 Å². The van der Waals surface area contributed by atoms with Crippen molar-refractivity contribution in [2.45, 2.75) is 33.1 Å². The average molecular weight is 528 g/mol. The van der Waals surface area contributed by atoms with Crippen LogP contribution in [0.4, 0.5) is 5.00 Å². The Morgan fingerprint density at radius 3 is 2.00 bits per heavy atom. The summed E-state index contributed by atoms with van der Waals surface area (Å²) in [6.45, 7) is 3.64. The maximum atomic E-state index is 12.6. The summed E-state index contributed by atoms with van der Waals surface area (Å²) in [7, 11) is 0. The number of hydrogen-bond donors (Lipinski definition) is 2. The highest BCUT2D eigenvalue weighted by Crippen LogP contribution is 2.32. The molecule has 194 valence electrons. The normalized spacial score (nSPS) is 10.7. The van der Waals surface area contributed by atoms with Crippen molar-refractivity contribution >= 4 is 34.0 Å². The van der Waals surface area contributed by atoms with E-state index in [0.717, 1.165) is 38.4 Å². The lowest BCUT2D eigenvalue weighted by molar-refractivity contribution is -0.142. The second-order valence-corrected chi connectivity index (χ2v) is 9.93. The summed E-state index contributed by atoms with van der Waals surface area (Å²) < 4.78 is 4.97. The zero-order chi connectivity index (χ0) is 27.1. The molecule has 0 aliphatic heterocycles. The highest BCUT2D eigenvalue weighted by molar-refractivity contribution is 7.14. The van der Waals surface area contributed by atoms with E-state index in [1.807, 2.05) is 66.0 Å². The van der Waals surface area contributed by atoms with Crippen LogP contribution in [0.25, 0.3) is 22.3 Å². The molecule has 7 heteroatoms. The fourth-order valence-corrected chi connectivity index (χ4v) is 4.92. The Morgan fingerprint density at radius 2 is 1.39 bits per heavy atom. The number of nitrogens with one attached hydrogen (secondary N) is 1. The van der Waals surface area contributed by atoms with E-state index in [2.05, 4.69) is 5.32 Å². The van der Waals surface area contributed by atoms with E-state index < -0.39 is 0 Å². The molecule has 1 heterocycles. The Hall–Kier alpha value is -4.23. The zero-order valence-electron chi connectivity index (χ0n) is 21.3. The van der Waals surface area contributed by atoms with E-state index in [0.29, 0.717) is 12.2 Å². The maximum absolute atomic E-state index is 12.6. The minimum atomic E-state index is -0.264. The molecule has 38 heavy (non-hydrogen) atoms. The number of rotatable bonds is 10. The number of ketones is 1. The van der Waals surface area contributed by atoms with Crippen molar-refractivity contribution in [3.63, 3.8) is 0 Å². The number of Topliss-reactive ketones (excluding diaryl/α,β-unsaturated/α-hetero) is 1. The van der Waals surface area contributed by atoms with Gasteiger partial charge in [0.25, 0.3) is 0 Å². The number of benzene rings is 3. The molecule has 0 radical (unpaired) electrons. The third-order valence-corrected chi connectivity index (χ3v) is 6.83. The number of carbonyl (C=O) groups is 3. The highest BCUT2D eigenvalue weighted by atomic mass is 32.1. The second kappa shape index (κ2) is 12.3. The van der Waals surface area contributed by atoms with Crippen LogP contribution < -0.4 is 5.32 Å². The van der Waals surface area contributed by atoms with E-state index in [1.165, 1.54) is 18.3 Å². The quantitative estimate of drug-likeness (QED) is 0.239. The number of amides is 1. The van der Waals surface area contributed by atoms with Gasteiger partial charge in [-0.05, 0) is 59.4 Å². The molecule has 0 fully saturated rings. The lowest BCUT2D eigenvalue weighted by atomic mass is 9.99. The lowest BCUT2D eigenvalue weighted by Crippen LogP contribution is -2.13. The number of esters is 1. The van der Waals surface area contributed by atoms with Crippen molar-refractivity contribution < 1.29 is 24.2 Å². The van der Waals surface area contributed by atoms with Crippen molar-refractivity contribution in [2.75, 3.05) is 11.9 Å². The van der Waals surface area contributed by atoms with Crippen LogP contribution >= 0.6 is 11.3 Å².